The van der Waals surface area contributed by atoms with E-state index in [0.717, 1.165) is 23.1 Å². The Morgan fingerprint density at radius 1 is 0.833 bits per heavy atom. The average Bonchev–Trinajstić information content (AvgIpc) is 3.15. The molecule has 0 N–H and O–H groups in total. The number of hydrogen-bond acceptors (Lipinski definition) is 5. The zero-order valence-corrected chi connectivity index (χ0v) is 16.9. The molecule has 1 aliphatic rings. The highest BCUT2D eigenvalue weighted by atomic mass is 16.5. The molecule has 0 aromatic heterocycles. The maximum absolute atomic E-state index is 12.6. The lowest BCUT2D eigenvalue weighted by atomic mass is 10.0. The second-order valence-electron chi connectivity index (χ2n) is 7.16. The number of ketones is 1. The number of fused-ring (bicyclic) bond motifs is 3. The lowest BCUT2D eigenvalue weighted by Crippen LogP contribution is -2.16. The van der Waals surface area contributed by atoms with Gasteiger partial charge in [0.15, 0.2) is 23.9 Å². The summed E-state index contributed by atoms with van der Waals surface area (Å²) >= 11 is 0. The molecule has 0 spiro atoms. The Labute approximate surface area is 175 Å². The van der Waals surface area contributed by atoms with Crippen molar-refractivity contribution < 1.29 is 23.8 Å². The van der Waals surface area contributed by atoms with E-state index in [9.17, 15) is 9.59 Å². The van der Waals surface area contributed by atoms with Gasteiger partial charge in [0.1, 0.15) is 0 Å². The van der Waals surface area contributed by atoms with Crippen LogP contribution in [0.25, 0.3) is 11.1 Å². The fourth-order valence-corrected chi connectivity index (χ4v) is 3.73. The molecular formula is C25H22O5. The van der Waals surface area contributed by atoms with E-state index in [1.54, 1.807) is 31.4 Å². The van der Waals surface area contributed by atoms with E-state index in [4.69, 9.17) is 14.2 Å². The van der Waals surface area contributed by atoms with Crippen LogP contribution in [-0.4, -0.2) is 32.6 Å². The van der Waals surface area contributed by atoms with Gasteiger partial charge in [-0.15, -0.1) is 0 Å². The maximum Gasteiger partial charge on any atom is 0.310 e. The SMILES string of the molecule is COc1ccc(CC(=O)OCC(=O)c2ccc3c(c2)-c2ccccc2C3)cc1OC. The molecule has 0 amide bonds. The number of hydrogen-bond donors (Lipinski definition) is 0. The van der Waals surface area contributed by atoms with Crippen LogP contribution in [0.2, 0.25) is 0 Å². The molecule has 0 aliphatic heterocycles. The molecule has 0 radical (unpaired) electrons. The summed E-state index contributed by atoms with van der Waals surface area (Å²) in [6, 6.07) is 19.1. The van der Waals surface area contributed by atoms with Crippen molar-refractivity contribution in [3.8, 4) is 22.6 Å². The van der Waals surface area contributed by atoms with Gasteiger partial charge in [-0.05, 0) is 52.4 Å². The van der Waals surface area contributed by atoms with Crippen LogP contribution in [0.3, 0.4) is 0 Å². The molecule has 30 heavy (non-hydrogen) atoms. The number of rotatable bonds is 7. The van der Waals surface area contributed by atoms with E-state index < -0.39 is 5.97 Å². The van der Waals surface area contributed by atoms with Crippen molar-refractivity contribution >= 4 is 11.8 Å². The summed E-state index contributed by atoms with van der Waals surface area (Å²) in [5.41, 5.74) is 5.97. The van der Waals surface area contributed by atoms with Crippen molar-refractivity contribution in [3.05, 3.63) is 82.9 Å². The van der Waals surface area contributed by atoms with Crippen LogP contribution in [0.15, 0.2) is 60.7 Å². The lowest BCUT2D eigenvalue weighted by Gasteiger charge is -2.10. The maximum atomic E-state index is 12.6. The lowest BCUT2D eigenvalue weighted by molar-refractivity contribution is -0.141. The molecule has 0 fully saturated rings. The van der Waals surface area contributed by atoms with E-state index in [1.165, 1.54) is 18.2 Å². The third-order valence-corrected chi connectivity index (χ3v) is 5.28. The largest absolute Gasteiger partial charge is 0.493 e. The van der Waals surface area contributed by atoms with Gasteiger partial charge >= 0.3 is 5.97 Å². The Hall–Kier alpha value is -3.60. The third kappa shape index (κ3) is 3.92. The molecule has 3 aromatic carbocycles. The number of Topliss-reactive ketones (excluding diaryl/α,β-unsaturated/α-hetero) is 1. The number of benzene rings is 3. The van der Waals surface area contributed by atoms with Crippen LogP contribution in [0, 0.1) is 0 Å². The molecule has 152 valence electrons. The summed E-state index contributed by atoms with van der Waals surface area (Å²) in [6.45, 7) is -0.285. The van der Waals surface area contributed by atoms with Crippen molar-refractivity contribution in [2.24, 2.45) is 0 Å². The summed E-state index contributed by atoms with van der Waals surface area (Å²) in [5.74, 6) is 0.435. The van der Waals surface area contributed by atoms with E-state index in [0.29, 0.717) is 17.1 Å². The van der Waals surface area contributed by atoms with Gasteiger partial charge < -0.3 is 14.2 Å². The van der Waals surface area contributed by atoms with Gasteiger partial charge in [-0.3, -0.25) is 9.59 Å². The first-order chi connectivity index (χ1) is 14.6. The molecule has 5 heteroatoms. The van der Waals surface area contributed by atoms with Crippen molar-refractivity contribution in [2.75, 3.05) is 20.8 Å². The molecule has 1 aliphatic carbocycles. The van der Waals surface area contributed by atoms with Crippen LogP contribution in [-0.2, 0) is 22.4 Å². The van der Waals surface area contributed by atoms with Gasteiger partial charge in [0.05, 0.1) is 20.6 Å². The van der Waals surface area contributed by atoms with Gasteiger partial charge in [-0.2, -0.15) is 0 Å². The fourth-order valence-electron chi connectivity index (χ4n) is 3.73. The number of carbonyl (C=O) groups excluding carboxylic acids is 2. The second-order valence-corrected chi connectivity index (χ2v) is 7.16. The fraction of sp³-hybridized carbons (Fsp3) is 0.200. The van der Waals surface area contributed by atoms with E-state index >= 15 is 0 Å². The van der Waals surface area contributed by atoms with Crippen molar-refractivity contribution in [2.45, 2.75) is 12.8 Å². The molecule has 4 rings (SSSR count). The van der Waals surface area contributed by atoms with Gasteiger partial charge in [0, 0.05) is 5.56 Å². The summed E-state index contributed by atoms with van der Waals surface area (Å²) in [6.07, 6.45) is 0.922. The number of esters is 1. The minimum Gasteiger partial charge on any atom is -0.493 e. The summed E-state index contributed by atoms with van der Waals surface area (Å²) in [4.78, 5) is 24.8. The van der Waals surface area contributed by atoms with Crippen LogP contribution < -0.4 is 9.47 Å². The molecule has 0 atom stereocenters. The second kappa shape index (κ2) is 8.41. The first-order valence-electron chi connectivity index (χ1n) is 9.70. The Morgan fingerprint density at radius 3 is 2.40 bits per heavy atom. The highest BCUT2D eigenvalue weighted by Gasteiger charge is 2.20. The van der Waals surface area contributed by atoms with Crippen LogP contribution in [0.1, 0.15) is 27.0 Å². The highest BCUT2D eigenvalue weighted by molar-refractivity contribution is 5.99. The average molecular weight is 402 g/mol. The summed E-state index contributed by atoms with van der Waals surface area (Å²) in [7, 11) is 3.09. The number of carbonyl (C=O) groups is 2. The summed E-state index contributed by atoms with van der Waals surface area (Å²) in [5, 5.41) is 0. The Bertz CT molecular complexity index is 1120. The van der Waals surface area contributed by atoms with Crippen LogP contribution >= 0.6 is 0 Å². The predicted molar refractivity (Wildman–Crippen MR) is 113 cm³/mol. The number of methoxy groups -OCH3 is 2. The quantitative estimate of drug-likeness (QED) is 0.342. The molecular weight excluding hydrogens is 380 g/mol. The van der Waals surface area contributed by atoms with Crippen molar-refractivity contribution in [3.63, 3.8) is 0 Å². The standard InChI is InChI=1S/C25H22O5/c1-28-23-10-7-16(11-24(23)29-2)12-25(27)30-15-22(26)19-9-8-18-13-17-5-3-4-6-20(17)21(18)14-19/h3-11,14H,12-13,15H2,1-2H3. The third-order valence-electron chi connectivity index (χ3n) is 5.28. The first-order valence-corrected chi connectivity index (χ1v) is 9.70. The molecule has 0 saturated heterocycles. The normalized spacial score (nSPS) is 11.4. The Morgan fingerprint density at radius 2 is 1.60 bits per heavy atom. The van der Waals surface area contributed by atoms with E-state index in [1.807, 2.05) is 24.3 Å². The van der Waals surface area contributed by atoms with Crippen LogP contribution in [0.4, 0.5) is 0 Å². The van der Waals surface area contributed by atoms with Gasteiger partial charge in [-0.25, -0.2) is 0 Å². The van der Waals surface area contributed by atoms with Gasteiger partial charge in [0.25, 0.3) is 0 Å². The zero-order valence-electron chi connectivity index (χ0n) is 16.9. The monoisotopic (exact) mass is 402 g/mol. The van der Waals surface area contributed by atoms with E-state index in [-0.39, 0.29) is 18.8 Å². The van der Waals surface area contributed by atoms with Crippen molar-refractivity contribution in [1.82, 2.24) is 0 Å². The topological polar surface area (TPSA) is 61.8 Å². The van der Waals surface area contributed by atoms with Gasteiger partial charge in [-0.1, -0.05) is 42.5 Å². The molecule has 0 heterocycles. The predicted octanol–water partition coefficient (Wildman–Crippen LogP) is 4.24. The zero-order chi connectivity index (χ0) is 21.1. The van der Waals surface area contributed by atoms with Gasteiger partial charge in [0.2, 0.25) is 0 Å². The minimum atomic E-state index is -0.470. The highest BCUT2D eigenvalue weighted by Crippen LogP contribution is 2.36. The molecule has 0 unspecified atom stereocenters. The molecule has 3 aromatic rings. The molecule has 5 nitrogen and oxygen atoms in total. The van der Waals surface area contributed by atoms with E-state index in [2.05, 4.69) is 12.1 Å². The molecule has 0 saturated carbocycles. The Kier molecular flexibility index (Phi) is 5.53. The smallest absolute Gasteiger partial charge is 0.310 e. The first kappa shape index (κ1) is 19.7. The molecule has 0 bridgehead atoms. The minimum absolute atomic E-state index is 0.0468. The summed E-state index contributed by atoms with van der Waals surface area (Å²) < 4.78 is 15.7. The van der Waals surface area contributed by atoms with Crippen LogP contribution in [0.5, 0.6) is 11.5 Å². The number of ether oxygens (including phenoxy) is 3. The van der Waals surface area contributed by atoms with Crippen molar-refractivity contribution in [1.29, 1.82) is 0 Å². The Balaban J connectivity index is 1.39.